The molecule has 0 heterocycles. The molecule has 126 valence electrons. The Morgan fingerprint density at radius 1 is 1.00 bits per heavy atom. The number of esters is 1. The number of carbonyl (C=O) groups is 2. The lowest BCUT2D eigenvalue weighted by molar-refractivity contribution is -0.144. The van der Waals surface area contributed by atoms with Crippen molar-refractivity contribution < 1.29 is 14.3 Å². The van der Waals surface area contributed by atoms with Crippen LogP contribution in [0.2, 0.25) is 0 Å². The van der Waals surface area contributed by atoms with Crippen LogP contribution in [-0.2, 0) is 20.9 Å². The summed E-state index contributed by atoms with van der Waals surface area (Å²) in [7, 11) is 0. The third-order valence-corrected chi connectivity index (χ3v) is 3.53. The van der Waals surface area contributed by atoms with Crippen molar-refractivity contribution in [2.24, 2.45) is 5.73 Å². The normalized spacial score (nSPS) is 11.5. The van der Waals surface area contributed by atoms with Gasteiger partial charge < -0.3 is 15.8 Å². The molecule has 2 aromatic carbocycles. The first-order chi connectivity index (χ1) is 11.6. The van der Waals surface area contributed by atoms with Crippen molar-refractivity contribution in [1.29, 1.82) is 0 Å². The van der Waals surface area contributed by atoms with Gasteiger partial charge in [-0.2, -0.15) is 0 Å². The van der Waals surface area contributed by atoms with Gasteiger partial charge in [-0.3, -0.25) is 9.59 Å². The molecule has 0 aliphatic heterocycles. The van der Waals surface area contributed by atoms with Gasteiger partial charge in [-0.25, -0.2) is 0 Å². The molecule has 24 heavy (non-hydrogen) atoms. The summed E-state index contributed by atoms with van der Waals surface area (Å²) < 4.78 is 5.15. The summed E-state index contributed by atoms with van der Waals surface area (Å²) >= 11 is 0. The topological polar surface area (TPSA) is 81.4 Å². The quantitative estimate of drug-likeness (QED) is 0.730. The van der Waals surface area contributed by atoms with E-state index >= 15 is 0 Å². The second-order valence-corrected chi connectivity index (χ2v) is 5.47. The fourth-order valence-electron chi connectivity index (χ4n) is 2.20. The molecule has 0 spiro atoms. The number of ether oxygens (including phenoxy) is 1. The van der Waals surface area contributed by atoms with Crippen LogP contribution >= 0.6 is 0 Å². The molecule has 2 rings (SSSR count). The van der Waals surface area contributed by atoms with Gasteiger partial charge in [0.05, 0.1) is 6.42 Å². The number of rotatable bonds is 8. The Labute approximate surface area is 141 Å². The first-order valence-corrected chi connectivity index (χ1v) is 7.92. The molecule has 0 aromatic heterocycles. The number of hydrogen-bond donors (Lipinski definition) is 2. The van der Waals surface area contributed by atoms with Crippen molar-refractivity contribution >= 4 is 11.9 Å². The zero-order valence-electron chi connectivity index (χ0n) is 13.5. The van der Waals surface area contributed by atoms with E-state index in [-0.39, 0.29) is 43.9 Å². The fourth-order valence-corrected chi connectivity index (χ4v) is 2.20. The summed E-state index contributed by atoms with van der Waals surface area (Å²) in [5, 5.41) is 2.69. The van der Waals surface area contributed by atoms with Crippen molar-refractivity contribution in [3.05, 3.63) is 71.8 Å². The van der Waals surface area contributed by atoms with Crippen LogP contribution in [0.4, 0.5) is 0 Å². The van der Waals surface area contributed by atoms with Crippen molar-refractivity contribution in [2.45, 2.75) is 25.5 Å². The molecule has 5 nitrogen and oxygen atoms in total. The zero-order chi connectivity index (χ0) is 17.2. The predicted octanol–water partition coefficient (Wildman–Crippen LogP) is 2.33. The monoisotopic (exact) mass is 326 g/mol. The van der Waals surface area contributed by atoms with E-state index in [0.29, 0.717) is 0 Å². The molecule has 0 bridgehead atoms. The molecule has 0 aliphatic carbocycles. The van der Waals surface area contributed by atoms with E-state index in [2.05, 4.69) is 5.32 Å². The Balaban J connectivity index is 1.62. The van der Waals surface area contributed by atoms with Gasteiger partial charge in [-0.15, -0.1) is 0 Å². The van der Waals surface area contributed by atoms with Gasteiger partial charge in [0.15, 0.2) is 0 Å². The number of nitrogens with two attached hydrogens (primary N) is 1. The van der Waals surface area contributed by atoms with E-state index in [0.717, 1.165) is 11.1 Å². The SMILES string of the molecule is NC(CC(=O)NCCC(=O)OCc1ccccc1)c1ccccc1. The average molecular weight is 326 g/mol. The van der Waals surface area contributed by atoms with Crippen LogP contribution in [0.3, 0.4) is 0 Å². The highest BCUT2D eigenvalue weighted by Crippen LogP contribution is 2.12. The molecular formula is C19H22N2O3. The van der Waals surface area contributed by atoms with Gasteiger partial charge >= 0.3 is 5.97 Å². The van der Waals surface area contributed by atoms with E-state index in [1.54, 1.807) is 0 Å². The first-order valence-electron chi connectivity index (χ1n) is 7.92. The highest BCUT2D eigenvalue weighted by Gasteiger charge is 2.11. The number of amides is 1. The Bertz CT molecular complexity index is 644. The van der Waals surface area contributed by atoms with Gasteiger partial charge in [0.1, 0.15) is 6.61 Å². The first kappa shape index (κ1) is 17.7. The van der Waals surface area contributed by atoms with Gasteiger partial charge in [0, 0.05) is 19.0 Å². The van der Waals surface area contributed by atoms with Crippen molar-refractivity contribution in [3.8, 4) is 0 Å². The lowest BCUT2D eigenvalue weighted by atomic mass is 10.0. The average Bonchev–Trinajstić information content (AvgIpc) is 2.61. The second kappa shape index (κ2) is 9.47. The third-order valence-electron chi connectivity index (χ3n) is 3.53. The van der Waals surface area contributed by atoms with E-state index in [9.17, 15) is 9.59 Å². The molecule has 0 fully saturated rings. The number of benzene rings is 2. The largest absolute Gasteiger partial charge is 0.461 e. The maximum absolute atomic E-state index is 11.8. The molecule has 0 radical (unpaired) electrons. The Morgan fingerprint density at radius 2 is 1.62 bits per heavy atom. The van der Waals surface area contributed by atoms with Crippen LogP contribution in [0.5, 0.6) is 0 Å². The van der Waals surface area contributed by atoms with Gasteiger partial charge in [0.2, 0.25) is 5.91 Å². The number of hydrogen-bond acceptors (Lipinski definition) is 4. The molecule has 2 aromatic rings. The van der Waals surface area contributed by atoms with Gasteiger partial charge in [0.25, 0.3) is 0 Å². The fraction of sp³-hybridized carbons (Fsp3) is 0.263. The summed E-state index contributed by atoms with van der Waals surface area (Å²) in [6.45, 7) is 0.487. The summed E-state index contributed by atoms with van der Waals surface area (Å²) in [6.07, 6.45) is 0.322. The van der Waals surface area contributed by atoms with E-state index in [1.807, 2.05) is 60.7 Å². The molecule has 1 atom stereocenters. The molecule has 5 heteroatoms. The third kappa shape index (κ3) is 6.22. The minimum atomic E-state index is -0.351. The maximum Gasteiger partial charge on any atom is 0.307 e. The van der Waals surface area contributed by atoms with Crippen LogP contribution < -0.4 is 11.1 Å². The predicted molar refractivity (Wildman–Crippen MR) is 91.9 cm³/mol. The molecule has 1 unspecified atom stereocenters. The summed E-state index contributed by atoms with van der Waals surface area (Å²) in [6, 6.07) is 18.6. The minimum absolute atomic E-state index is 0.138. The molecule has 0 saturated heterocycles. The molecule has 1 amide bonds. The number of nitrogens with one attached hydrogen (secondary N) is 1. The van der Waals surface area contributed by atoms with Crippen LogP contribution in [0.15, 0.2) is 60.7 Å². The maximum atomic E-state index is 11.8. The Kier molecular flexibility index (Phi) is 6.98. The molecular weight excluding hydrogens is 304 g/mol. The van der Waals surface area contributed by atoms with Crippen LogP contribution in [0, 0.1) is 0 Å². The molecule has 0 aliphatic rings. The van der Waals surface area contributed by atoms with Crippen LogP contribution in [-0.4, -0.2) is 18.4 Å². The van der Waals surface area contributed by atoms with Gasteiger partial charge in [-0.1, -0.05) is 60.7 Å². The smallest absolute Gasteiger partial charge is 0.307 e. The summed E-state index contributed by atoms with van der Waals surface area (Å²) in [5.41, 5.74) is 7.83. The molecule has 3 N–H and O–H groups in total. The minimum Gasteiger partial charge on any atom is -0.461 e. The summed E-state index contributed by atoms with van der Waals surface area (Å²) in [4.78, 5) is 23.5. The van der Waals surface area contributed by atoms with Gasteiger partial charge in [-0.05, 0) is 11.1 Å². The number of carbonyl (C=O) groups excluding carboxylic acids is 2. The van der Waals surface area contributed by atoms with E-state index in [1.165, 1.54) is 0 Å². The highest BCUT2D eigenvalue weighted by atomic mass is 16.5. The van der Waals surface area contributed by atoms with Crippen LogP contribution in [0.1, 0.15) is 30.0 Å². The van der Waals surface area contributed by atoms with Crippen molar-refractivity contribution in [2.75, 3.05) is 6.54 Å². The van der Waals surface area contributed by atoms with Crippen molar-refractivity contribution in [1.82, 2.24) is 5.32 Å². The highest BCUT2D eigenvalue weighted by molar-refractivity contribution is 5.77. The summed E-state index contributed by atoms with van der Waals surface area (Å²) in [5.74, 6) is -0.520. The molecule has 0 saturated carbocycles. The lowest BCUT2D eigenvalue weighted by Gasteiger charge is -2.12. The lowest BCUT2D eigenvalue weighted by Crippen LogP contribution is -2.29. The van der Waals surface area contributed by atoms with Crippen molar-refractivity contribution in [3.63, 3.8) is 0 Å². The second-order valence-electron chi connectivity index (χ2n) is 5.47. The standard InChI is InChI=1S/C19H22N2O3/c20-17(16-9-5-2-6-10-16)13-18(22)21-12-11-19(23)24-14-15-7-3-1-4-8-15/h1-10,17H,11-14,20H2,(H,21,22). The Hall–Kier alpha value is -2.66. The zero-order valence-corrected chi connectivity index (χ0v) is 13.5. The Morgan fingerprint density at radius 3 is 2.29 bits per heavy atom. The van der Waals surface area contributed by atoms with Crippen LogP contribution in [0.25, 0.3) is 0 Å². The van der Waals surface area contributed by atoms with E-state index < -0.39 is 0 Å². The van der Waals surface area contributed by atoms with E-state index in [4.69, 9.17) is 10.5 Å².